The molecule has 1 fully saturated rings. The first-order valence-electron chi connectivity index (χ1n) is 9.47. The lowest BCUT2D eigenvalue weighted by atomic mass is 9.97. The molecular formula is C20H22N4O5. The number of anilines is 1. The summed E-state index contributed by atoms with van der Waals surface area (Å²) in [6, 6.07) is 6.83. The van der Waals surface area contributed by atoms with E-state index in [0.717, 1.165) is 36.2 Å². The Morgan fingerprint density at radius 3 is 2.38 bits per heavy atom. The Balaban J connectivity index is 1.53. The maximum absolute atomic E-state index is 12.4. The molecule has 152 valence electrons. The predicted octanol–water partition coefficient (Wildman–Crippen LogP) is 2.02. The van der Waals surface area contributed by atoms with Crippen LogP contribution in [0.5, 0.6) is 0 Å². The van der Waals surface area contributed by atoms with Crippen molar-refractivity contribution in [1.82, 2.24) is 15.1 Å². The van der Waals surface area contributed by atoms with Crippen molar-refractivity contribution in [2.75, 3.05) is 18.4 Å². The topological polar surface area (TPSA) is 116 Å². The van der Waals surface area contributed by atoms with E-state index in [-0.39, 0.29) is 6.54 Å². The smallest absolute Gasteiger partial charge is 0.308 e. The molecule has 1 saturated heterocycles. The number of rotatable bonds is 6. The van der Waals surface area contributed by atoms with Crippen LogP contribution >= 0.6 is 0 Å². The molecule has 9 nitrogen and oxygen atoms in total. The van der Waals surface area contributed by atoms with Crippen molar-refractivity contribution < 1.29 is 24.0 Å². The van der Waals surface area contributed by atoms with Crippen LogP contribution in [0.2, 0.25) is 0 Å². The molecule has 3 rings (SSSR count). The summed E-state index contributed by atoms with van der Waals surface area (Å²) in [7, 11) is 0. The zero-order valence-electron chi connectivity index (χ0n) is 15.8. The number of benzene rings is 1. The number of allylic oxidation sites excluding steroid dienone is 1. The SMILES string of the molecule is O=C(CN1C(=O)C(=O)N(CCC2=CCCCC2)C1=O)NC(=O)Nc1ccccc1. The van der Waals surface area contributed by atoms with Gasteiger partial charge in [-0.1, -0.05) is 29.8 Å². The predicted molar refractivity (Wildman–Crippen MR) is 104 cm³/mol. The monoisotopic (exact) mass is 398 g/mol. The van der Waals surface area contributed by atoms with Gasteiger partial charge in [-0.15, -0.1) is 0 Å². The van der Waals surface area contributed by atoms with Gasteiger partial charge in [-0.25, -0.2) is 14.5 Å². The number of amides is 7. The van der Waals surface area contributed by atoms with E-state index < -0.39 is 36.3 Å². The third kappa shape index (κ3) is 5.07. The van der Waals surface area contributed by atoms with E-state index in [4.69, 9.17) is 0 Å². The Morgan fingerprint density at radius 1 is 0.966 bits per heavy atom. The van der Waals surface area contributed by atoms with Gasteiger partial charge in [0.1, 0.15) is 6.54 Å². The lowest BCUT2D eigenvalue weighted by Gasteiger charge is -2.17. The maximum atomic E-state index is 12.4. The van der Waals surface area contributed by atoms with Crippen molar-refractivity contribution in [3.8, 4) is 0 Å². The summed E-state index contributed by atoms with van der Waals surface area (Å²) in [4.78, 5) is 62.0. The van der Waals surface area contributed by atoms with E-state index in [1.54, 1.807) is 30.3 Å². The number of hydrogen-bond acceptors (Lipinski definition) is 5. The normalized spacial score (nSPS) is 16.7. The minimum atomic E-state index is -1.06. The second-order valence-electron chi connectivity index (χ2n) is 6.86. The van der Waals surface area contributed by atoms with Crippen LogP contribution in [0.25, 0.3) is 0 Å². The van der Waals surface area contributed by atoms with Crippen molar-refractivity contribution in [2.24, 2.45) is 0 Å². The van der Waals surface area contributed by atoms with Crippen LogP contribution in [-0.2, 0) is 14.4 Å². The summed E-state index contributed by atoms with van der Waals surface area (Å²) in [5.74, 6) is -2.89. The van der Waals surface area contributed by atoms with Crippen molar-refractivity contribution in [2.45, 2.75) is 32.1 Å². The largest absolute Gasteiger partial charge is 0.334 e. The summed E-state index contributed by atoms with van der Waals surface area (Å²) in [6.45, 7) is -0.604. The molecule has 0 saturated carbocycles. The number of nitrogens with zero attached hydrogens (tertiary/aromatic N) is 2. The second-order valence-corrected chi connectivity index (χ2v) is 6.86. The molecule has 0 spiro atoms. The number of carbonyl (C=O) groups excluding carboxylic acids is 5. The average molecular weight is 398 g/mol. The molecule has 1 aromatic carbocycles. The number of para-hydroxylation sites is 1. The second kappa shape index (κ2) is 9.13. The van der Waals surface area contributed by atoms with Crippen LogP contribution in [0, 0.1) is 0 Å². The molecular weight excluding hydrogens is 376 g/mol. The fraction of sp³-hybridized carbons (Fsp3) is 0.350. The highest BCUT2D eigenvalue weighted by Gasteiger charge is 2.45. The quantitative estimate of drug-likeness (QED) is 0.432. The fourth-order valence-corrected chi connectivity index (χ4v) is 3.27. The molecule has 29 heavy (non-hydrogen) atoms. The molecule has 9 heteroatoms. The first-order valence-corrected chi connectivity index (χ1v) is 9.47. The van der Waals surface area contributed by atoms with Gasteiger partial charge in [-0.2, -0.15) is 0 Å². The molecule has 2 aliphatic rings. The van der Waals surface area contributed by atoms with Crippen molar-refractivity contribution >= 4 is 35.5 Å². The number of imide groups is 3. The molecule has 0 unspecified atom stereocenters. The van der Waals surface area contributed by atoms with Gasteiger partial charge in [-0.05, 0) is 44.2 Å². The Hall–Kier alpha value is -3.49. The molecule has 1 aromatic rings. The van der Waals surface area contributed by atoms with E-state index in [1.807, 2.05) is 5.32 Å². The lowest BCUT2D eigenvalue weighted by Crippen LogP contribution is -2.44. The first kappa shape index (κ1) is 20.2. The molecule has 1 aliphatic carbocycles. The fourth-order valence-electron chi connectivity index (χ4n) is 3.27. The van der Waals surface area contributed by atoms with Crippen molar-refractivity contribution in [1.29, 1.82) is 0 Å². The molecule has 2 N–H and O–H groups in total. The van der Waals surface area contributed by atoms with Crippen LogP contribution in [0.3, 0.4) is 0 Å². The molecule has 0 aromatic heterocycles. The van der Waals surface area contributed by atoms with Gasteiger partial charge >= 0.3 is 23.9 Å². The molecule has 1 heterocycles. The molecule has 1 aliphatic heterocycles. The minimum Gasteiger partial charge on any atom is -0.308 e. The Morgan fingerprint density at radius 2 is 1.69 bits per heavy atom. The zero-order valence-corrected chi connectivity index (χ0v) is 15.8. The summed E-state index contributed by atoms with van der Waals surface area (Å²) in [5, 5.41) is 4.49. The highest BCUT2D eigenvalue weighted by molar-refractivity contribution is 6.45. The van der Waals surface area contributed by atoms with Crippen molar-refractivity contribution in [3.05, 3.63) is 42.0 Å². The van der Waals surface area contributed by atoms with Crippen molar-refractivity contribution in [3.63, 3.8) is 0 Å². The van der Waals surface area contributed by atoms with Gasteiger partial charge in [0, 0.05) is 12.2 Å². The van der Waals surface area contributed by atoms with Gasteiger partial charge in [-0.3, -0.25) is 24.6 Å². The number of nitrogens with one attached hydrogen (secondary N) is 2. The van der Waals surface area contributed by atoms with E-state index in [0.29, 0.717) is 17.0 Å². The van der Waals surface area contributed by atoms with Gasteiger partial charge in [0.2, 0.25) is 5.91 Å². The Bertz CT molecular complexity index is 865. The van der Waals surface area contributed by atoms with Crippen LogP contribution in [0.1, 0.15) is 32.1 Å². The lowest BCUT2D eigenvalue weighted by molar-refractivity contribution is -0.143. The number of carbonyl (C=O) groups is 5. The van der Waals surface area contributed by atoms with Crippen LogP contribution in [-0.4, -0.2) is 52.7 Å². The Kier molecular flexibility index (Phi) is 6.38. The van der Waals surface area contributed by atoms with Crippen LogP contribution < -0.4 is 10.6 Å². The Labute approximate surface area is 167 Å². The number of urea groups is 2. The molecule has 7 amide bonds. The summed E-state index contributed by atoms with van der Waals surface area (Å²) >= 11 is 0. The minimum absolute atomic E-state index is 0.0991. The molecule has 0 atom stereocenters. The third-order valence-electron chi connectivity index (χ3n) is 4.76. The third-order valence-corrected chi connectivity index (χ3v) is 4.76. The van der Waals surface area contributed by atoms with Gasteiger partial charge < -0.3 is 5.32 Å². The van der Waals surface area contributed by atoms with Gasteiger partial charge in [0.05, 0.1) is 0 Å². The van der Waals surface area contributed by atoms with Gasteiger partial charge in [0.15, 0.2) is 0 Å². The standard InChI is InChI=1S/C20H22N4O5/c25-16(22-19(28)21-15-9-5-2-6-10-15)13-24-18(27)17(26)23(20(24)29)12-11-14-7-3-1-4-8-14/h2,5-7,9-10H,1,3-4,8,11-13H2,(H2,21,22,25,28). The molecule has 0 bridgehead atoms. The number of hydrogen-bond donors (Lipinski definition) is 2. The van der Waals surface area contributed by atoms with E-state index in [9.17, 15) is 24.0 Å². The zero-order chi connectivity index (χ0) is 20.8. The summed E-state index contributed by atoms with van der Waals surface area (Å²) in [6.07, 6.45) is 6.73. The highest BCUT2D eigenvalue weighted by Crippen LogP contribution is 2.21. The summed E-state index contributed by atoms with van der Waals surface area (Å²) < 4.78 is 0. The summed E-state index contributed by atoms with van der Waals surface area (Å²) in [5.41, 5.74) is 1.64. The maximum Gasteiger partial charge on any atom is 0.334 e. The molecule has 0 radical (unpaired) electrons. The first-order chi connectivity index (χ1) is 14.0. The van der Waals surface area contributed by atoms with E-state index in [1.165, 1.54) is 0 Å². The average Bonchev–Trinajstić information content (AvgIpc) is 2.91. The van der Waals surface area contributed by atoms with Crippen LogP contribution in [0.4, 0.5) is 15.3 Å². The highest BCUT2D eigenvalue weighted by atomic mass is 16.2. The van der Waals surface area contributed by atoms with E-state index >= 15 is 0 Å². The van der Waals surface area contributed by atoms with Crippen LogP contribution in [0.15, 0.2) is 42.0 Å². The van der Waals surface area contributed by atoms with E-state index in [2.05, 4.69) is 11.4 Å². The van der Waals surface area contributed by atoms with Gasteiger partial charge in [0.25, 0.3) is 0 Å².